The number of fused-ring (bicyclic) bond motifs is 1. The van der Waals surface area contributed by atoms with E-state index in [2.05, 4.69) is 5.32 Å². The van der Waals surface area contributed by atoms with Crippen molar-refractivity contribution >= 4 is 44.7 Å². The Hall–Kier alpha value is -3.27. The minimum absolute atomic E-state index is 0.0426. The summed E-state index contributed by atoms with van der Waals surface area (Å²) in [5.74, 6) is -6.18. The van der Waals surface area contributed by atoms with Crippen molar-refractivity contribution in [3.05, 3.63) is 93.3 Å². The Labute approximate surface area is 250 Å². The van der Waals surface area contributed by atoms with Gasteiger partial charge in [0, 0.05) is 46.8 Å². The molecule has 1 fully saturated rings. The van der Waals surface area contributed by atoms with E-state index in [-0.39, 0.29) is 44.9 Å². The first-order chi connectivity index (χ1) is 20.0. The molecule has 1 aromatic heterocycles. The fourth-order valence-corrected chi connectivity index (χ4v) is 7.02. The zero-order valence-corrected chi connectivity index (χ0v) is 24.6. The molecule has 1 aliphatic carbocycles. The van der Waals surface area contributed by atoms with Gasteiger partial charge in [-0.2, -0.15) is 8.78 Å². The lowest BCUT2D eigenvalue weighted by Crippen LogP contribution is -2.44. The van der Waals surface area contributed by atoms with Crippen LogP contribution in [0.5, 0.6) is 0 Å². The van der Waals surface area contributed by atoms with Gasteiger partial charge in [-0.1, -0.05) is 48.0 Å². The number of nitrogens with zero attached hydrogens (tertiary/aromatic N) is 1. The topological polar surface area (TPSA) is 49.4 Å². The average molecular weight is 617 g/mol. The molecule has 4 nitrogen and oxygen atoms in total. The van der Waals surface area contributed by atoms with Crippen molar-refractivity contribution in [2.75, 3.05) is 7.05 Å². The summed E-state index contributed by atoms with van der Waals surface area (Å²) in [5.41, 5.74) is 1.34. The molecule has 42 heavy (non-hydrogen) atoms. The second-order valence-corrected chi connectivity index (χ2v) is 12.1. The van der Waals surface area contributed by atoms with Gasteiger partial charge in [0.25, 0.3) is 5.91 Å². The van der Waals surface area contributed by atoms with Crippen LogP contribution >= 0.6 is 22.9 Å². The Kier molecular flexibility index (Phi) is 8.73. The van der Waals surface area contributed by atoms with Crippen LogP contribution in [0.2, 0.25) is 5.02 Å². The zero-order valence-electron chi connectivity index (χ0n) is 23.0. The van der Waals surface area contributed by atoms with Gasteiger partial charge < -0.3 is 10.2 Å². The molecule has 220 valence electrons. The number of nitrogens with one attached hydrogen (secondary N) is 1. The SMILES string of the molecule is CNC1CCC(N(Cc2cc(-c3ccc(C(=O)C(C)(F)F)cc3)ccc2F)C(=O)c2sc3cccc(F)c3c2Cl)CC1. The molecule has 0 saturated heterocycles. The summed E-state index contributed by atoms with van der Waals surface area (Å²) >= 11 is 7.67. The minimum atomic E-state index is -3.49. The Bertz CT molecular complexity index is 1630. The molecule has 1 amide bonds. The Morgan fingerprint density at radius 2 is 1.64 bits per heavy atom. The van der Waals surface area contributed by atoms with Gasteiger partial charge in [0.1, 0.15) is 16.5 Å². The lowest BCUT2D eigenvalue weighted by atomic mass is 9.89. The summed E-state index contributed by atoms with van der Waals surface area (Å²) in [6.07, 6.45) is 3.08. The summed E-state index contributed by atoms with van der Waals surface area (Å²) in [4.78, 5) is 27.8. The number of carbonyl (C=O) groups excluding carboxylic acids is 2. The normalized spacial score (nSPS) is 17.4. The van der Waals surface area contributed by atoms with Crippen LogP contribution in [-0.4, -0.2) is 41.6 Å². The van der Waals surface area contributed by atoms with Gasteiger partial charge in [-0.15, -0.1) is 11.3 Å². The zero-order chi connectivity index (χ0) is 30.2. The fraction of sp³-hybridized carbons (Fsp3) is 0.312. The molecule has 0 aliphatic heterocycles. The molecule has 3 aromatic carbocycles. The molecule has 1 saturated carbocycles. The van der Waals surface area contributed by atoms with Crippen molar-refractivity contribution in [3.63, 3.8) is 0 Å². The van der Waals surface area contributed by atoms with E-state index in [1.807, 2.05) is 7.05 Å². The Balaban J connectivity index is 1.48. The van der Waals surface area contributed by atoms with Crippen molar-refractivity contribution < 1.29 is 27.2 Å². The van der Waals surface area contributed by atoms with Crippen LogP contribution in [0.1, 0.15) is 58.2 Å². The molecule has 0 unspecified atom stereocenters. The second kappa shape index (κ2) is 12.1. The van der Waals surface area contributed by atoms with E-state index in [1.165, 1.54) is 36.4 Å². The number of thiophene rings is 1. The molecule has 0 atom stereocenters. The third-order valence-corrected chi connectivity index (χ3v) is 9.51. The van der Waals surface area contributed by atoms with Crippen LogP contribution < -0.4 is 5.32 Å². The summed E-state index contributed by atoms with van der Waals surface area (Å²) in [6.45, 7) is 0.509. The highest BCUT2D eigenvalue weighted by Crippen LogP contribution is 2.39. The largest absolute Gasteiger partial charge is 0.330 e. The maximum absolute atomic E-state index is 15.2. The highest BCUT2D eigenvalue weighted by molar-refractivity contribution is 7.21. The summed E-state index contributed by atoms with van der Waals surface area (Å²) in [6, 6.07) is 14.9. The maximum Gasteiger partial charge on any atom is 0.307 e. The third kappa shape index (κ3) is 6.09. The minimum Gasteiger partial charge on any atom is -0.330 e. The van der Waals surface area contributed by atoms with Crippen molar-refractivity contribution in [1.82, 2.24) is 10.2 Å². The van der Waals surface area contributed by atoms with E-state index in [0.717, 1.165) is 24.2 Å². The van der Waals surface area contributed by atoms with Gasteiger partial charge in [-0.05, 0) is 68.1 Å². The molecule has 5 rings (SSSR count). The predicted molar refractivity (Wildman–Crippen MR) is 159 cm³/mol. The molecule has 4 aromatic rings. The molecular weight excluding hydrogens is 588 g/mol. The van der Waals surface area contributed by atoms with E-state index in [1.54, 1.807) is 29.2 Å². The number of carbonyl (C=O) groups is 2. The Morgan fingerprint density at radius 3 is 2.26 bits per heavy atom. The van der Waals surface area contributed by atoms with Gasteiger partial charge in [-0.25, -0.2) is 8.78 Å². The third-order valence-electron chi connectivity index (χ3n) is 7.87. The number of halogens is 5. The monoisotopic (exact) mass is 616 g/mol. The lowest BCUT2D eigenvalue weighted by Gasteiger charge is -2.37. The number of alkyl halides is 2. The van der Waals surface area contributed by atoms with Crippen molar-refractivity contribution in [2.45, 2.75) is 57.2 Å². The van der Waals surface area contributed by atoms with E-state index in [0.29, 0.717) is 41.6 Å². The highest BCUT2D eigenvalue weighted by Gasteiger charge is 2.34. The second-order valence-electron chi connectivity index (χ2n) is 10.7. The van der Waals surface area contributed by atoms with Gasteiger partial charge in [0.2, 0.25) is 5.78 Å². The molecule has 0 bridgehead atoms. The number of hydrogen-bond donors (Lipinski definition) is 1. The smallest absolute Gasteiger partial charge is 0.307 e. The van der Waals surface area contributed by atoms with Gasteiger partial charge in [0.15, 0.2) is 0 Å². The van der Waals surface area contributed by atoms with E-state index in [4.69, 9.17) is 11.6 Å². The highest BCUT2D eigenvalue weighted by atomic mass is 35.5. The van der Waals surface area contributed by atoms with Crippen LogP contribution in [0.4, 0.5) is 17.6 Å². The van der Waals surface area contributed by atoms with Crippen LogP contribution in [-0.2, 0) is 6.54 Å². The lowest BCUT2D eigenvalue weighted by molar-refractivity contribution is 0.0221. The first-order valence-electron chi connectivity index (χ1n) is 13.6. The first kappa shape index (κ1) is 30.2. The molecule has 0 radical (unpaired) electrons. The number of amides is 1. The van der Waals surface area contributed by atoms with E-state index >= 15 is 4.39 Å². The Morgan fingerprint density at radius 1 is 0.976 bits per heavy atom. The number of hydrogen-bond acceptors (Lipinski definition) is 4. The van der Waals surface area contributed by atoms with Gasteiger partial charge in [-0.3, -0.25) is 9.59 Å². The van der Waals surface area contributed by atoms with Crippen molar-refractivity contribution in [1.29, 1.82) is 0 Å². The molecular formula is C32H29ClF4N2O2S. The number of benzene rings is 3. The summed E-state index contributed by atoms with van der Waals surface area (Å²) in [5, 5.41) is 3.52. The van der Waals surface area contributed by atoms with Crippen molar-refractivity contribution in [3.8, 4) is 11.1 Å². The molecule has 10 heteroatoms. The molecule has 1 aliphatic rings. The van der Waals surface area contributed by atoms with Gasteiger partial charge in [0.05, 0.1) is 5.02 Å². The maximum atomic E-state index is 15.2. The quantitative estimate of drug-likeness (QED) is 0.159. The van der Waals surface area contributed by atoms with E-state index < -0.39 is 23.3 Å². The van der Waals surface area contributed by atoms with Crippen LogP contribution in [0, 0.1) is 11.6 Å². The summed E-state index contributed by atoms with van der Waals surface area (Å²) in [7, 11) is 1.90. The standard InChI is InChI=1S/C32H29ClF4N2O2S/c1-32(36,37)30(40)19-8-6-18(7-9-19)20-10-15-24(34)21(16-20)17-39(23-13-11-22(38-2)12-14-23)31(41)29-28(33)27-25(35)4-3-5-26(27)42-29/h3-10,15-16,22-23,38H,11-14,17H2,1-2H3. The van der Waals surface area contributed by atoms with Crippen LogP contribution in [0.25, 0.3) is 21.2 Å². The van der Waals surface area contributed by atoms with Crippen LogP contribution in [0.3, 0.4) is 0 Å². The molecule has 1 heterocycles. The predicted octanol–water partition coefficient (Wildman–Crippen LogP) is 8.51. The average Bonchev–Trinajstić information content (AvgIpc) is 3.33. The fourth-order valence-electron chi connectivity index (χ4n) is 5.51. The van der Waals surface area contributed by atoms with E-state index in [9.17, 15) is 22.8 Å². The molecule has 1 N–H and O–H groups in total. The molecule has 0 spiro atoms. The van der Waals surface area contributed by atoms with Crippen molar-refractivity contribution in [2.24, 2.45) is 0 Å². The van der Waals surface area contributed by atoms with Gasteiger partial charge >= 0.3 is 5.92 Å². The number of ketones is 1. The first-order valence-corrected chi connectivity index (χ1v) is 14.8. The number of Topliss-reactive ketones (excluding diaryl/α,β-unsaturated/α-hetero) is 1. The summed E-state index contributed by atoms with van der Waals surface area (Å²) < 4.78 is 57.3. The van der Waals surface area contributed by atoms with Crippen LogP contribution in [0.15, 0.2) is 60.7 Å². The number of rotatable bonds is 8.